The normalized spacial score (nSPS) is 15.8. The summed E-state index contributed by atoms with van der Waals surface area (Å²) in [6.07, 6.45) is 0. The molecule has 0 bridgehead atoms. The Morgan fingerprint density at radius 3 is 2.54 bits per heavy atom. The standard InChI is InChI=1S/C17H20F2N4O/c1-12-10-15(21(2)20-12)17(24)23-8-6-22(7-9-23)11-13-4-3-5-14(18)16(13)19/h3-5,10H,6-9,11H2,1-2H3. The molecule has 24 heavy (non-hydrogen) atoms. The molecule has 3 rings (SSSR count). The van der Waals surface area contributed by atoms with Gasteiger partial charge in [0, 0.05) is 45.3 Å². The van der Waals surface area contributed by atoms with Crippen LogP contribution in [-0.2, 0) is 13.6 Å². The van der Waals surface area contributed by atoms with Gasteiger partial charge in [0.2, 0.25) is 0 Å². The number of carbonyl (C=O) groups excluding carboxylic acids is 1. The number of carbonyl (C=O) groups is 1. The van der Waals surface area contributed by atoms with Crippen molar-refractivity contribution in [2.75, 3.05) is 26.2 Å². The van der Waals surface area contributed by atoms with Crippen LogP contribution < -0.4 is 0 Å². The Balaban J connectivity index is 1.60. The molecular weight excluding hydrogens is 314 g/mol. The maximum atomic E-state index is 13.8. The summed E-state index contributed by atoms with van der Waals surface area (Å²) >= 11 is 0. The van der Waals surface area contributed by atoms with Crippen LogP contribution in [0.3, 0.4) is 0 Å². The number of halogens is 2. The van der Waals surface area contributed by atoms with Crippen LogP contribution in [0.15, 0.2) is 24.3 Å². The van der Waals surface area contributed by atoms with Gasteiger partial charge in [-0.3, -0.25) is 14.4 Å². The van der Waals surface area contributed by atoms with Crippen molar-refractivity contribution in [2.24, 2.45) is 7.05 Å². The lowest BCUT2D eigenvalue weighted by atomic mass is 10.1. The van der Waals surface area contributed by atoms with E-state index in [4.69, 9.17) is 0 Å². The average molecular weight is 334 g/mol. The average Bonchev–Trinajstić information content (AvgIpc) is 2.90. The van der Waals surface area contributed by atoms with E-state index in [1.54, 1.807) is 28.8 Å². The maximum absolute atomic E-state index is 13.8. The van der Waals surface area contributed by atoms with Crippen molar-refractivity contribution in [1.29, 1.82) is 0 Å². The van der Waals surface area contributed by atoms with Gasteiger partial charge in [0.1, 0.15) is 5.69 Å². The van der Waals surface area contributed by atoms with Crippen LogP contribution in [0.25, 0.3) is 0 Å². The maximum Gasteiger partial charge on any atom is 0.272 e. The van der Waals surface area contributed by atoms with Crippen molar-refractivity contribution < 1.29 is 13.6 Å². The van der Waals surface area contributed by atoms with Gasteiger partial charge in [-0.2, -0.15) is 5.10 Å². The Morgan fingerprint density at radius 1 is 1.21 bits per heavy atom. The second kappa shape index (κ2) is 6.68. The summed E-state index contributed by atoms with van der Waals surface area (Å²) in [5.41, 5.74) is 1.72. The Morgan fingerprint density at radius 2 is 1.92 bits per heavy atom. The van der Waals surface area contributed by atoms with E-state index < -0.39 is 11.6 Å². The zero-order valence-corrected chi connectivity index (χ0v) is 13.8. The second-order valence-corrected chi connectivity index (χ2v) is 6.08. The molecule has 1 fully saturated rings. The summed E-state index contributed by atoms with van der Waals surface area (Å²) < 4.78 is 28.6. The van der Waals surface area contributed by atoms with Gasteiger partial charge in [-0.1, -0.05) is 12.1 Å². The van der Waals surface area contributed by atoms with Crippen molar-refractivity contribution in [2.45, 2.75) is 13.5 Å². The minimum atomic E-state index is -0.826. The first kappa shape index (κ1) is 16.6. The number of hydrogen-bond acceptors (Lipinski definition) is 3. The van der Waals surface area contributed by atoms with Gasteiger partial charge in [-0.15, -0.1) is 0 Å². The zero-order valence-electron chi connectivity index (χ0n) is 13.8. The van der Waals surface area contributed by atoms with Crippen LogP contribution in [0.5, 0.6) is 0 Å². The van der Waals surface area contributed by atoms with Crippen LogP contribution in [0.4, 0.5) is 8.78 Å². The highest BCUT2D eigenvalue weighted by Gasteiger charge is 2.25. The molecule has 1 aromatic heterocycles. The van der Waals surface area contributed by atoms with Crippen LogP contribution >= 0.6 is 0 Å². The predicted molar refractivity (Wildman–Crippen MR) is 85.5 cm³/mol. The second-order valence-electron chi connectivity index (χ2n) is 6.08. The zero-order chi connectivity index (χ0) is 17.3. The predicted octanol–water partition coefficient (Wildman–Crippen LogP) is 1.96. The van der Waals surface area contributed by atoms with E-state index in [1.807, 2.05) is 11.8 Å². The van der Waals surface area contributed by atoms with E-state index >= 15 is 0 Å². The SMILES string of the molecule is Cc1cc(C(=O)N2CCN(Cc3cccc(F)c3F)CC2)n(C)n1. The number of aromatic nitrogens is 2. The molecule has 0 unspecified atom stereocenters. The van der Waals surface area contributed by atoms with Gasteiger partial charge in [0.25, 0.3) is 5.91 Å². The number of rotatable bonds is 3. The van der Waals surface area contributed by atoms with Crippen LogP contribution in [0, 0.1) is 18.6 Å². The molecular formula is C17H20F2N4O. The lowest BCUT2D eigenvalue weighted by molar-refractivity contribution is 0.0616. The summed E-state index contributed by atoms with van der Waals surface area (Å²) in [7, 11) is 1.75. The smallest absolute Gasteiger partial charge is 0.272 e. The molecule has 128 valence electrons. The number of aryl methyl sites for hydroxylation is 2. The molecule has 5 nitrogen and oxygen atoms in total. The molecule has 1 amide bonds. The molecule has 7 heteroatoms. The van der Waals surface area contributed by atoms with Gasteiger partial charge in [-0.25, -0.2) is 8.78 Å². The molecule has 1 saturated heterocycles. The topological polar surface area (TPSA) is 41.4 Å². The largest absolute Gasteiger partial charge is 0.335 e. The third-order valence-electron chi connectivity index (χ3n) is 4.31. The molecule has 0 N–H and O–H groups in total. The third-order valence-corrected chi connectivity index (χ3v) is 4.31. The van der Waals surface area contributed by atoms with E-state index in [2.05, 4.69) is 5.10 Å². The van der Waals surface area contributed by atoms with E-state index in [0.717, 1.165) is 11.8 Å². The summed E-state index contributed by atoms with van der Waals surface area (Å²) in [4.78, 5) is 16.3. The molecule has 0 saturated carbocycles. The summed E-state index contributed by atoms with van der Waals surface area (Å²) in [6, 6.07) is 5.99. The summed E-state index contributed by atoms with van der Waals surface area (Å²) in [5, 5.41) is 4.20. The van der Waals surface area contributed by atoms with Gasteiger partial charge in [0.15, 0.2) is 11.6 Å². The van der Waals surface area contributed by atoms with Gasteiger partial charge >= 0.3 is 0 Å². The minimum absolute atomic E-state index is 0.0466. The van der Waals surface area contributed by atoms with Crippen molar-refractivity contribution in [3.63, 3.8) is 0 Å². The fourth-order valence-corrected chi connectivity index (χ4v) is 2.99. The van der Waals surface area contributed by atoms with E-state index in [9.17, 15) is 13.6 Å². The molecule has 0 radical (unpaired) electrons. The quantitative estimate of drug-likeness (QED) is 0.862. The minimum Gasteiger partial charge on any atom is -0.335 e. The highest BCUT2D eigenvalue weighted by Crippen LogP contribution is 2.16. The Bertz CT molecular complexity index is 751. The van der Waals surface area contributed by atoms with Crippen LogP contribution in [-0.4, -0.2) is 51.7 Å². The molecule has 0 aliphatic carbocycles. The molecule has 1 aromatic carbocycles. The van der Waals surface area contributed by atoms with Gasteiger partial charge in [0.05, 0.1) is 5.69 Å². The summed E-state index contributed by atoms with van der Waals surface area (Å²) in [5.74, 6) is -1.66. The van der Waals surface area contributed by atoms with Crippen LogP contribution in [0.2, 0.25) is 0 Å². The molecule has 0 spiro atoms. The van der Waals surface area contributed by atoms with Gasteiger partial charge in [-0.05, 0) is 19.1 Å². The lowest BCUT2D eigenvalue weighted by Gasteiger charge is -2.34. The first-order chi connectivity index (χ1) is 11.5. The first-order valence-corrected chi connectivity index (χ1v) is 7.91. The van der Waals surface area contributed by atoms with Crippen molar-refractivity contribution >= 4 is 5.91 Å². The van der Waals surface area contributed by atoms with Crippen molar-refractivity contribution in [3.05, 3.63) is 52.9 Å². The number of benzene rings is 1. The highest BCUT2D eigenvalue weighted by molar-refractivity contribution is 5.92. The van der Waals surface area contributed by atoms with Crippen molar-refractivity contribution in [3.8, 4) is 0 Å². The highest BCUT2D eigenvalue weighted by atomic mass is 19.2. The summed E-state index contributed by atoms with van der Waals surface area (Å²) in [6.45, 7) is 4.55. The molecule has 2 aromatic rings. The number of nitrogens with zero attached hydrogens (tertiary/aromatic N) is 4. The van der Waals surface area contributed by atoms with E-state index in [1.165, 1.54) is 6.07 Å². The number of amides is 1. The van der Waals surface area contributed by atoms with Crippen molar-refractivity contribution in [1.82, 2.24) is 19.6 Å². The number of piperazine rings is 1. The Hall–Kier alpha value is -2.28. The number of hydrogen-bond donors (Lipinski definition) is 0. The first-order valence-electron chi connectivity index (χ1n) is 7.91. The van der Waals surface area contributed by atoms with Gasteiger partial charge < -0.3 is 4.90 Å². The van der Waals surface area contributed by atoms with Crippen LogP contribution in [0.1, 0.15) is 21.7 Å². The fourth-order valence-electron chi connectivity index (χ4n) is 2.99. The Labute approximate surface area is 139 Å². The molecule has 1 aliphatic heterocycles. The molecule has 0 atom stereocenters. The molecule has 1 aliphatic rings. The Kier molecular flexibility index (Phi) is 4.62. The van der Waals surface area contributed by atoms with E-state index in [-0.39, 0.29) is 5.91 Å². The van der Waals surface area contributed by atoms with E-state index in [0.29, 0.717) is 44.0 Å². The molecule has 2 heterocycles. The fraction of sp³-hybridized carbons (Fsp3) is 0.412. The third kappa shape index (κ3) is 3.31. The lowest BCUT2D eigenvalue weighted by Crippen LogP contribution is -2.48. The monoisotopic (exact) mass is 334 g/mol.